The van der Waals surface area contributed by atoms with Crippen LogP contribution in [0.5, 0.6) is 17.2 Å². The van der Waals surface area contributed by atoms with E-state index in [0.717, 1.165) is 29.7 Å². The summed E-state index contributed by atoms with van der Waals surface area (Å²) in [6.45, 7) is 4.27. The maximum atomic E-state index is 11.2. The Hall–Kier alpha value is -2.63. The van der Waals surface area contributed by atoms with Crippen LogP contribution < -0.4 is 14.2 Å². The quantitative estimate of drug-likeness (QED) is 0.819. The van der Waals surface area contributed by atoms with Crippen LogP contribution in [0.3, 0.4) is 0 Å². The van der Waals surface area contributed by atoms with Crippen molar-refractivity contribution in [3.63, 3.8) is 0 Å². The van der Waals surface area contributed by atoms with E-state index in [1.807, 2.05) is 33.0 Å². The maximum absolute atomic E-state index is 11.2. The van der Waals surface area contributed by atoms with Crippen molar-refractivity contribution in [2.45, 2.75) is 32.2 Å². The average Bonchev–Trinajstić information content (AvgIpc) is 3.04. The highest BCUT2D eigenvalue weighted by Gasteiger charge is 2.26. The number of ether oxygens (including phenoxy) is 3. The summed E-state index contributed by atoms with van der Waals surface area (Å²) in [5.74, 6) is 1.22. The lowest BCUT2D eigenvalue weighted by Crippen LogP contribution is -2.30. The Morgan fingerprint density at radius 2 is 2.00 bits per heavy atom. The van der Waals surface area contributed by atoms with Gasteiger partial charge in [0.2, 0.25) is 6.79 Å². The molecule has 0 bridgehead atoms. The van der Waals surface area contributed by atoms with E-state index in [-0.39, 0.29) is 12.4 Å². The van der Waals surface area contributed by atoms with E-state index in [1.54, 1.807) is 18.2 Å². The fourth-order valence-electron chi connectivity index (χ4n) is 2.88. The molecule has 1 heterocycles. The molecule has 1 unspecified atom stereocenters. The molecule has 1 N–H and O–H groups in total. The van der Waals surface area contributed by atoms with Gasteiger partial charge in [-0.25, -0.2) is 4.79 Å². The van der Waals surface area contributed by atoms with Gasteiger partial charge in [-0.1, -0.05) is 19.4 Å². The van der Waals surface area contributed by atoms with Crippen molar-refractivity contribution in [3.05, 3.63) is 53.1 Å². The van der Waals surface area contributed by atoms with E-state index in [9.17, 15) is 9.90 Å². The second-order valence-electron chi connectivity index (χ2n) is 6.56. The lowest BCUT2D eigenvalue weighted by Gasteiger charge is -2.29. The van der Waals surface area contributed by atoms with Crippen LogP contribution in [0.15, 0.2) is 36.4 Å². The van der Waals surface area contributed by atoms with Crippen LogP contribution in [0.1, 0.15) is 41.8 Å². The number of carbonyl (C=O) groups is 1. The maximum Gasteiger partial charge on any atom is 0.335 e. The molecule has 0 aliphatic carbocycles. The summed E-state index contributed by atoms with van der Waals surface area (Å²) in [5, 5.41) is 9.20. The third kappa shape index (κ3) is 3.58. The van der Waals surface area contributed by atoms with Gasteiger partial charge in [0.25, 0.3) is 0 Å². The van der Waals surface area contributed by atoms with Gasteiger partial charge in [0, 0.05) is 0 Å². The number of aromatic carboxylic acids is 1. The molecular formula is C19H21BO5. The van der Waals surface area contributed by atoms with Crippen LogP contribution >= 0.6 is 0 Å². The van der Waals surface area contributed by atoms with E-state index in [4.69, 9.17) is 14.2 Å². The Bertz CT molecular complexity index is 800. The summed E-state index contributed by atoms with van der Waals surface area (Å²) < 4.78 is 17.1. The summed E-state index contributed by atoms with van der Waals surface area (Å²) in [4.78, 5) is 11.2. The molecule has 2 aromatic carbocycles. The zero-order valence-electron chi connectivity index (χ0n) is 14.7. The van der Waals surface area contributed by atoms with Crippen molar-refractivity contribution in [1.82, 2.24) is 0 Å². The van der Waals surface area contributed by atoms with Gasteiger partial charge in [-0.2, -0.15) is 0 Å². The zero-order chi connectivity index (χ0) is 18.0. The van der Waals surface area contributed by atoms with E-state index in [0.29, 0.717) is 11.5 Å². The molecule has 2 aromatic rings. The number of hydrogen-bond acceptors (Lipinski definition) is 4. The molecule has 5 nitrogen and oxygen atoms in total. The van der Waals surface area contributed by atoms with Crippen LogP contribution in [0.25, 0.3) is 0 Å². The number of rotatable bonds is 6. The molecule has 1 atom stereocenters. The third-order valence-electron chi connectivity index (χ3n) is 4.26. The van der Waals surface area contributed by atoms with Crippen molar-refractivity contribution in [2.75, 3.05) is 6.79 Å². The van der Waals surface area contributed by atoms with Gasteiger partial charge in [0.1, 0.15) is 5.75 Å². The second-order valence-corrected chi connectivity index (χ2v) is 6.56. The first kappa shape index (κ1) is 17.2. The highest BCUT2D eigenvalue weighted by Crippen LogP contribution is 2.37. The van der Waals surface area contributed by atoms with Crippen molar-refractivity contribution < 1.29 is 24.1 Å². The molecule has 0 amide bonds. The number of benzene rings is 2. The summed E-state index contributed by atoms with van der Waals surface area (Å²) in [6.07, 6.45) is 1.66. The van der Waals surface area contributed by atoms with Crippen molar-refractivity contribution in [3.8, 4) is 17.2 Å². The molecule has 0 aromatic heterocycles. The molecule has 0 spiro atoms. The average molecular weight is 340 g/mol. The van der Waals surface area contributed by atoms with Crippen LogP contribution in [0.2, 0.25) is 0 Å². The number of carboxylic acids is 1. The predicted molar refractivity (Wildman–Crippen MR) is 96.5 cm³/mol. The van der Waals surface area contributed by atoms with Gasteiger partial charge in [-0.3, -0.25) is 0 Å². The number of carboxylic acid groups (broad SMARTS) is 1. The van der Waals surface area contributed by atoms with Crippen LogP contribution in [-0.4, -0.2) is 25.7 Å². The minimum atomic E-state index is -0.932. The first-order chi connectivity index (χ1) is 11.9. The SMILES string of the molecule is BC(C)(Oc1ccc(C(=O)O)cc1CCC)c1ccc2c(c1)OCO2. The normalized spacial score (nSPS) is 14.8. The summed E-state index contributed by atoms with van der Waals surface area (Å²) >= 11 is 0. The molecular weight excluding hydrogens is 319 g/mol. The molecule has 130 valence electrons. The molecule has 0 saturated carbocycles. The van der Waals surface area contributed by atoms with E-state index in [2.05, 4.69) is 6.92 Å². The number of hydrogen-bond donors (Lipinski definition) is 1. The molecule has 0 radical (unpaired) electrons. The summed E-state index contributed by atoms with van der Waals surface area (Å²) in [6, 6.07) is 10.8. The first-order valence-corrected chi connectivity index (χ1v) is 8.36. The Labute approximate surface area is 147 Å². The summed E-state index contributed by atoms with van der Waals surface area (Å²) in [7, 11) is 1.98. The number of aryl methyl sites for hydroxylation is 1. The first-order valence-electron chi connectivity index (χ1n) is 8.36. The van der Waals surface area contributed by atoms with Crippen molar-refractivity contribution in [2.24, 2.45) is 0 Å². The molecule has 0 fully saturated rings. The molecule has 1 aliphatic rings. The smallest absolute Gasteiger partial charge is 0.335 e. The van der Waals surface area contributed by atoms with E-state index < -0.39 is 11.5 Å². The van der Waals surface area contributed by atoms with Gasteiger partial charge in [0.15, 0.2) is 19.3 Å². The topological polar surface area (TPSA) is 65.0 Å². The van der Waals surface area contributed by atoms with Gasteiger partial charge in [-0.05, 0) is 54.8 Å². The number of fused-ring (bicyclic) bond motifs is 1. The van der Waals surface area contributed by atoms with Crippen LogP contribution in [0.4, 0.5) is 0 Å². The standard InChI is InChI=1S/C19H21BO5/c1-3-4-12-9-13(18(21)22)5-7-15(12)25-19(2,20)14-6-8-16-17(10-14)24-11-23-16/h5-10H,3-4,11,20H2,1-2H3,(H,21,22). The Balaban J connectivity index is 1.90. The minimum absolute atomic E-state index is 0.234. The molecule has 3 rings (SSSR count). The fraction of sp³-hybridized carbons (Fsp3) is 0.316. The van der Waals surface area contributed by atoms with Crippen molar-refractivity contribution in [1.29, 1.82) is 0 Å². The Morgan fingerprint density at radius 1 is 1.24 bits per heavy atom. The van der Waals surface area contributed by atoms with Gasteiger partial charge in [0.05, 0.1) is 11.1 Å². The van der Waals surface area contributed by atoms with Gasteiger partial charge in [-0.15, -0.1) is 0 Å². The third-order valence-corrected chi connectivity index (χ3v) is 4.26. The Morgan fingerprint density at radius 3 is 2.72 bits per heavy atom. The Kier molecular flexibility index (Phi) is 4.62. The lowest BCUT2D eigenvalue weighted by atomic mass is 9.77. The van der Waals surface area contributed by atoms with Gasteiger partial charge >= 0.3 is 5.97 Å². The monoisotopic (exact) mass is 340 g/mol. The second kappa shape index (κ2) is 6.71. The fourth-order valence-corrected chi connectivity index (χ4v) is 2.88. The van der Waals surface area contributed by atoms with Crippen LogP contribution in [0, 0.1) is 0 Å². The highest BCUT2D eigenvalue weighted by atomic mass is 16.7. The van der Waals surface area contributed by atoms with Gasteiger partial charge < -0.3 is 19.3 Å². The van der Waals surface area contributed by atoms with E-state index >= 15 is 0 Å². The lowest BCUT2D eigenvalue weighted by molar-refractivity contribution is 0.0696. The molecule has 0 saturated heterocycles. The largest absolute Gasteiger partial charge is 0.492 e. The highest BCUT2D eigenvalue weighted by molar-refractivity contribution is 6.14. The van der Waals surface area contributed by atoms with Crippen molar-refractivity contribution >= 4 is 13.8 Å². The zero-order valence-corrected chi connectivity index (χ0v) is 14.7. The van der Waals surface area contributed by atoms with E-state index in [1.165, 1.54) is 0 Å². The van der Waals surface area contributed by atoms with Crippen LogP contribution in [-0.2, 0) is 11.9 Å². The summed E-state index contributed by atoms with van der Waals surface area (Å²) in [5.41, 5.74) is 1.53. The predicted octanol–water partition coefficient (Wildman–Crippen LogP) is 2.95. The minimum Gasteiger partial charge on any atom is -0.492 e. The molecule has 1 aliphatic heterocycles. The molecule has 25 heavy (non-hydrogen) atoms. The molecule has 6 heteroatoms.